The molecule has 1 saturated heterocycles. The van der Waals surface area contributed by atoms with Crippen molar-refractivity contribution >= 4 is 0 Å². The minimum absolute atomic E-state index is 0.197. The van der Waals surface area contributed by atoms with Crippen molar-refractivity contribution in [2.75, 3.05) is 32.9 Å². The Morgan fingerprint density at radius 2 is 1.94 bits per heavy atom. The molecule has 1 N–H and O–H groups in total. The molecule has 2 nitrogen and oxygen atoms in total. The van der Waals surface area contributed by atoms with Crippen LogP contribution < -0.4 is 5.32 Å². The molecule has 0 aromatic heterocycles. The molecule has 1 atom stereocenters. The lowest BCUT2D eigenvalue weighted by Crippen LogP contribution is -2.44. The first-order valence-electron chi connectivity index (χ1n) is 6.92. The summed E-state index contributed by atoms with van der Waals surface area (Å²) in [6, 6.07) is 0.620. The molecule has 2 rings (SSSR count). The predicted octanol–water partition coefficient (Wildman–Crippen LogP) is 2.20. The van der Waals surface area contributed by atoms with Crippen molar-refractivity contribution in [1.29, 1.82) is 0 Å². The van der Waals surface area contributed by atoms with Gasteiger partial charge in [-0.05, 0) is 38.3 Å². The maximum absolute atomic E-state index is 12.4. The van der Waals surface area contributed by atoms with Crippen LogP contribution in [0, 0.1) is 5.92 Å². The van der Waals surface area contributed by atoms with Crippen LogP contribution in [0.3, 0.4) is 0 Å². The van der Waals surface area contributed by atoms with Crippen LogP contribution in [0.2, 0.25) is 0 Å². The molecule has 0 radical (unpaired) electrons. The van der Waals surface area contributed by atoms with Crippen LogP contribution in [0.15, 0.2) is 0 Å². The van der Waals surface area contributed by atoms with E-state index < -0.39 is 0 Å². The molecule has 0 bridgehead atoms. The molecular formula is C13H25FN2. The maximum atomic E-state index is 12.4. The Morgan fingerprint density at radius 3 is 2.69 bits per heavy atom. The summed E-state index contributed by atoms with van der Waals surface area (Å²) in [4.78, 5) is 2.30. The quantitative estimate of drug-likeness (QED) is 0.796. The Balaban J connectivity index is 1.86. The van der Waals surface area contributed by atoms with Crippen LogP contribution >= 0.6 is 0 Å². The summed E-state index contributed by atoms with van der Waals surface area (Å²) < 4.78 is 12.4. The molecule has 0 amide bonds. The SMILES string of the molecule is FCCN1CCCNC(C2CCCCC2)C1. The fourth-order valence-corrected chi connectivity index (χ4v) is 3.20. The lowest BCUT2D eigenvalue weighted by molar-refractivity contribution is 0.196. The van der Waals surface area contributed by atoms with Crippen molar-refractivity contribution in [3.8, 4) is 0 Å². The Bertz CT molecular complexity index is 192. The molecule has 1 unspecified atom stereocenters. The average molecular weight is 228 g/mol. The molecule has 2 fully saturated rings. The van der Waals surface area contributed by atoms with E-state index in [0.29, 0.717) is 12.6 Å². The van der Waals surface area contributed by atoms with E-state index in [0.717, 1.165) is 25.6 Å². The molecule has 3 heteroatoms. The lowest BCUT2D eigenvalue weighted by atomic mass is 9.83. The second kappa shape index (κ2) is 6.55. The van der Waals surface area contributed by atoms with E-state index in [1.807, 2.05) is 0 Å². The van der Waals surface area contributed by atoms with Gasteiger partial charge in [-0.3, -0.25) is 4.90 Å². The first kappa shape index (κ1) is 12.3. The zero-order chi connectivity index (χ0) is 11.2. The first-order valence-corrected chi connectivity index (χ1v) is 6.92. The Hall–Kier alpha value is -0.150. The van der Waals surface area contributed by atoms with Crippen LogP contribution in [0.1, 0.15) is 38.5 Å². The van der Waals surface area contributed by atoms with Gasteiger partial charge < -0.3 is 5.32 Å². The topological polar surface area (TPSA) is 15.3 Å². The highest BCUT2D eigenvalue weighted by Crippen LogP contribution is 2.27. The number of nitrogens with one attached hydrogen (secondary N) is 1. The Labute approximate surface area is 98.6 Å². The van der Waals surface area contributed by atoms with Crippen LogP contribution in [-0.2, 0) is 0 Å². The number of rotatable bonds is 3. The van der Waals surface area contributed by atoms with Gasteiger partial charge in [-0.25, -0.2) is 4.39 Å². The molecule has 94 valence electrons. The number of hydrogen-bond acceptors (Lipinski definition) is 2. The number of hydrogen-bond donors (Lipinski definition) is 1. The molecule has 1 aliphatic carbocycles. The smallest absolute Gasteiger partial charge is 0.102 e. The van der Waals surface area contributed by atoms with E-state index in [-0.39, 0.29) is 6.67 Å². The van der Waals surface area contributed by atoms with Crippen molar-refractivity contribution in [3.05, 3.63) is 0 Å². The fraction of sp³-hybridized carbons (Fsp3) is 1.00. The van der Waals surface area contributed by atoms with E-state index in [9.17, 15) is 4.39 Å². The maximum Gasteiger partial charge on any atom is 0.102 e. The average Bonchev–Trinajstić information content (AvgIpc) is 2.56. The monoisotopic (exact) mass is 228 g/mol. The predicted molar refractivity (Wildman–Crippen MR) is 65.4 cm³/mol. The standard InChI is InChI=1S/C13H25FN2/c14-7-10-16-9-4-8-15-13(11-16)12-5-2-1-3-6-12/h12-13,15H,1-11H2. The van der Waals surface area contributed by atoms with Crippen molar-refractivity contribution in [3.63, 3.8) is 0 Å². The molecule has 16 heavy (non-hydrogen) atoms. The van der Waals surface area contributed by atoms with Gasteiger partial charge >= 0.3 is 0 Å². The molecule has 1 aliphatic heterocycles. The molecular weight excluding hydrogens is 203 g/mol. The second-order valence-electron chi connectivity index (χ2n) is 5.30. The highest BCUT2D eigenvalue weighted by Gasteiger charge is 2.26. The minimum Gasteiger partial charge on any atom is -0.312 e. The summed E-state index contributed by atoms with van der Waals surface area (Å²) in [6.45, 7) is 3.68. The second-order valence-corrected chi connectivity index (χ2v) is 5.30. The third-order valence-corrected chi connectivity index (χ3v) is 4.13. The summed E-state index contributed by atoms with van der Waals surface area (Å²) >= 11 is 0. The number of alkyl halides is 1. The van der Waals surface area contributed by atoms with Crippen LogP contribution in [0.5, 0.6) is 0 Å². The number of nitrogens with zero attached hydrogens (tertiary/aromatic N) is 1. The van der Waals surface area contributed by atoms with Crippen LogP contribution in [0.4, 0.5) is 4.39 Å². The molecule has 2 aliphatic rings. The van der Waals surface area contributed by atoms with Crippen molar-refractivity contribution in [2.24, 2.45) is 5.92 Å². The molecule has 0 spiro atoms. The van der Waals surface area contributed by atoms with E-state index in [1.54, 1.807) is 0 Å². The van der Waals surface area contributed by atoms with Crippen LogP contribution in [0.25, 0.3) is 0 Å². The minimum atomic E-state index is -0.197. The molecule has 1 saturated carbocycles. The van der Waals surface area contributed by atoms with Gasteiger partial charge in [0.2, 0.25) is 0 Å². The fourth-order valence-electron chi connectivity index (χ4n) is 3.20. The lowest BCUT2D eigenvalue weighted by Gasteiger charge is -2.32. The van der Waals surface area contributed by atoms with Crippen molar-refractivity contribution in [1.82, 2.24) is 10.2 Å². The summed E-state index contributed by atoms with van der Waals surface area (Å²) in [5.74, 6) is 0.842. The highest BCUT2D eigenvalue weighted by atomic mass is 19.1. The van der Waals surface area contributed by atoms with E-state index in [1.165, 1.54) is 38.5 Å². The third-order valence-electron chi connectivity index (χ3n) is 4.13. The van der Waals surface area contributed by atoms with Gasteiger partial charge in [0.25, 0.3) is 0 Å². The van der Waals surface area contributed by atoms with Gasteiger partial charge in [0, 0.05) is 19.1 Å². The molecule has 0 aromatic carbocycles. The normalized spacial score (nSPS) is 30.2. The van der Waals surface area contributed by atoms with Gasteiger partial charge in [0.05, 0.1) is 0 Å². The highest BCUT2D eigenvalue weighted by molar-refractivity contribution is 4.84. The summed E-state index contributed by atoms with van der Waals surface area (Å²) in [5.41, 5.74) is 0. The van der Waals surface area contributed by atoms with Crippen molar-refractivity contribution < 1.29 is 4.39 Å². The van der Waals surface area contributed by atoms with E-state index in [2.05, 4.69) is 10.2 Å². The van der Waals surface area contributed by atoms with Gasteiger partial charge in [-0.15, -0.1) is 0 Å². The number of halogens is 1. The van der Waals surface area contributed by atoms with Gasteiger partial charge in [-0.2, -0.15) is 0 Å². The summed E-state index contributed by atoms with van der Waals surface area (Å²) in [6.07, 6.45) is 8.13. The zero-order valence-corrected chi connectivity index (χ0v) is 10.3. The van der Waals surface area contributed by atoms with Gasteiger partial charge in [0.1, 0.15) is 6.67 Å². The van der Waals surface area contributed by atoms with E-state index in [4.69, 9.17) is 0 Å². The largest absolute Gasteiger partial charge is 0.312 e. The first-order chi connectivity index (χ1) is 7.90. The van der Waals surface area contributed by atoms with E-state index >= 15 is 0 Å². The Morgan fingerprint density at radius 1 is 1.12 bits per heavy atom. The Kier molecular flexibility index (Phi) is 5.04. The summed E-state index contributed by atoms with van der Waals surface area (Å²) in [5, 5.41) is 3.68. The van der Waals surface area contributed by atoms with Gasteiger partial charge in [0.15, 0.2) is 0 Å². The van der Waals surface area contributed by atoms with Crippen molar-refractivity contribution in [2.45, 2.75) is 44.6 Å². The zero-order valence-electron chi connectivity index (χ0n) is 10.3. The molecule has 0 aromatic rings. The van der Waals surface area contributed by atoms with Gasteiger partial charge in [-0.1, -0.05) is 19.3 Å². The summed E-state index contributed by atoms with van der Waals surface area (Å²) in [7, 11) is 0. The molecule has 1 heterocycles. The van der Waals surface area contributed by atoms with Crippen LogP contribution in [-0.4, -0.2) is 43.8 Å². The third kappa shape index (κ3) is 3.42.